The van der Waals surface area contributed by atoms with Crippen LogP contribution < -0.4 is 5.32 Å². The van der Waals surface area contributed by atoms with Gasteiger partial charge in [0.2, 0.25) is 0 Å². The van der Waals surface area contributed by atoms with Gasteiger partial charge >= 0.3 is 0 Å². The van der Waals surface area contributed by atoms with Crippen molar-refractivity contribution in [3.05, 3.63) is 52.3 Å². The van der Waals surface area contributed by atoms with Crippen LogP contribution in [0.1, 0.15) is 64.5 Å². The van der Waals surface area contributed by atoms with Gasteiger partial charge in [-0.15, -0.1) is 0 Å². The maximum Gasteiger partial charge on any atom is 0.251 e. The van der Waals surface area contributed by atoms with E-state index < -0.39 is 0 Å². The van der Waals surface area contributed by atoms with Gasteiger partial charge in [-0.1, -0.05) is 12.1 Å². The number of carbonyl (C=O) groups excluding carboxylic acids is 2. The van der Waals surface area contributed by atoms with E-state index in [1.54, 1.807) is 24.3 Å². The van der Waals surface area contributed by atoms with Crippen molar-refractivity contribution in [2.45, 2.75) is 47.2 Å². The second kappa shape index (κ2) is 6.77. The van der Waals surface area contributed by atoms with E-state index in [-0.39, 0.29) is 17.7 Å². The number of benzene rings is 1. The molecule has 2 aromatic rings. The fraction of sp³-hybridized carbons (Fsp3) is 0.389. The van der Waals surface area contributed by atoms with Crippen LogP contribution in [0, 0.1) is 13.8 Å². The summed E-state index contributed by atoms with van der Waals surface area (Å²) in [7, 11) is 0. The van der Waals surface area contributed by atoms with Crippen LogP contribution in [-0.4, -0.2) is 21.5 Å². The molecule has 1 atom stereocenters. The Morgan fingerprint density at radius 2 is 1.91 bits per heavy atom. The zero-order valence-electron chi connectivity index (χ0n) is 14.3. The Bertz CT molecular complexity index is 747. The molecule has 0 fully saturated rings. The number of nitrogens with zero attached hydrogens (tertiary/aromatic N) is 2. The molecule has 0 spiro atoms. The van der Waals surface area contributed by atoms with Gasteiger partial charge in [0.25, 0.3) is 5.91 Å². The van der Waals surface area contributed by atoms with Crippen molar-refractivity contribution in [1.29, 1.82) is 0 Å². The predicted molar refractivity (Wildman–Crippen MR) is 89.7 cm³/mol. The number of amides is 1. The van der Waals surface area contributed by atoms with E-state index in [2.05, 4.69) is 10.4 Å². The Kier molecular flexibility index (Phi) is 4.98. The Morgan fingerprint density at radius 3 is 2.48 bits per heavy atom. The molecule has 1 amide bonds. The first kappa shape index (κ1) is 16.9. The third-order valence-corrected chi connectivity index (χ3v) is 4.05. The van der Waals surface area contributed by atoms with Crippen molar-refractivity contribution in [2.24, 2.45) is 0 Å². The van der Waals surface area contributed by atoms with Gasteiger partial charge in [0, 0.05) is 28.9 Å². The number of carbonyl (C=O) groups is 2. The molecule has 0 saturated carbocycles. The maximum atomic E-state index is 12.5. The number of rotatable bonds is 5. The summed E-state index contributed by atoms with van der Waals surface area (Å²) >= 11 is 0. The van der Waals surface area contributed by atoms with Gasteiger partial charge in [0.05, 0.1) is 11.7 Å². The molecule has 2 rings (SSSR count). The average molecular weight is 313 g/mol. The molecule has 5 nitrogen and oxygen atoms in total. The van der Waals surface area contributed by atoms with E-state index in [0.29, 0.717) is 11.1 Å². The highest BCUT2D eigenvalue weighted by Crippen LogP contribution is 2.21. The van der Waals surface area contributed by atoms with Crippen molar-refractivity contribution in [3.63, 3.8) is 0 Å². The van der Waals surface area contributed by atoms with Gasteiger partial charge in [-0.3, -0.25) is 14.3 Å². The molecular weight excluding hydrogens is 290 g/mol. The first-order chi connectivity index (χ1) is 10.8. The number of ketones is 1. The SMILES string of the molecule is CCn1nc(C)c([C@H](C)NC(=O)c2cccc(C(C)=O)c2)c1C. The predicted octanol–water partition coefficient (Wildman–Crippen LogP) is 3.21. The molecule has 1 aromatic carbocycles. The van der Waals surface area contributed by atoms with Crippen LogP contribution in [0.2, 0.25) is 0 Å². The van der Waals surface area contributed by atoms with Crippen molar-refractivity contribution in [1.82, 2.24) is 15.1 Å². The van der Waals surface area contributed by atoms with Crippen molar-refractivity contribution >= 4 is 11.7 Å². The van der Waals surface area contributed by atoms with Crippen LogP contribution in [0.3, 0.4) is 0 Å². The van der Waals surface area contributed by atoms with Crippen LogP contribution in [0.4, 0.5) is 0 Å². The summed E-state index contributed by atoms with van der Waals surface area (Å²) in [6, 6.07) is 6.62. The standard InChI is InChI=1S/C18H23N3O2/c1-6-21-13(4)17(12(3)20-21)11(2)19-18(23)16-9-7-8-15(10-16)14(5)22/h7-11H,6H2,1-5H3,(H,19,23)/t11-/m0/s1. The van der Waals surface area contributed by atoms with Gasteiger partial charge < -0.3 is 5.32 Å². The molecule has 0 unspecified atom stereocenters. The fourth-order valence-corrected chi connectivity index (χ4v) is 2.88. The Balaban J connectivity index is 2.22. The number of hydrogen-bond donors (Lipinski definition) is 1. The summed E-state index contributed by atoms with van der Waals surface area (Å²) in [6.45, 7) is 10.2. The van der Waals surface area contributed by atoms with Crippen molar-refractivity contribution < 1.29 is 9.59 Å². The molecule has 1 N–H and O–H groups in total. The van der Waals surface area contributed by atoms with Crippen LogP contribution in [0.5, 0.6) is 0 Å². The lowest BCUT2D eigenvalue weighted by atomic mass is 10.0. The highest BCUT2D eigenvalue weighted by atomic mass is 16.1. The summed E-state index contributed by atoms with van der Waals surface area (Å²) in [6.07, 6.45) is 0. The topological polar surface area (TPSA) is 64.0 Å². The first-order valence-corrected chi connectivity index (χ1v) is 7.80. The lowest BCUT2D eigenvalue weighted by Crippen LogP contribution is -2.27. The van der Waals surface area contributed by atoms with Crippen molar-refractivity contribution in [3.8, 4) is 0 Å². The minimum Gasteiger partial charge on any atom is -0.345 e. The molecule has 0 bridgehead atoms. The molecule has 5 heteroatoms. The minimum absolute atomic E-state index is 0.0522. The molecular formula is C18H23N3O2. The van der Waals surface area contributed by atoms with Crippen LogP contribution >= 0.6 is 0 Å². The minimum atomic E-state index is -0.191. The molecule has 0 radical (unpaired) electrons. The highest BCUT2D eigenvalue weighted by molar-refractivity contribution is 5.99. The first-order valence-electron chi connectivity index (χ1n) is 7.80. The smallest absolute Gasteiger partial charge is 0.251 e. The second-order valence-electron chi connectivity index (χ2n) is 5.73. The average Bonchev–Trinajstić information content (AvgIpc) is 2.81. The third kappa shape index (κ3) is 3.50. The van der Waals surface area contributed by atoms with E-state index in [9.17, 15) is 9.59 Å². The zero-order chi connectivity index (χ0) is 17.1. The molecule has 1 heterocycles. The number of Topliss-reactive ketones (excluding diaryl/α,β-unsaturated/α-hetero) is 1. The summed E-state index contributed by atoms with van der Waals surface area (Å²) in [4.78, 5) is 23.9. The normalized spacial score (nSPS) is 12.0. The monoisotopic (exact) mass is 313 g/mol. The van der Waals surface area contributed by atoms with Gasteiger partial charge in [0.15, 0.2) is 5.78 Å². The van der Waals surface area contributed by atoms with E-state index >= 15 is 0 Å². The zero-order valence-corrected chi connectivity index (χ0v) is 14.3. The van der Waals surface area contributed by atoms with E-state index in [0.717, 1.165) is 23.5 Å². The Hall–Kier alpha value is -2.43. The summed E-state index contributed by atoms with van der Waals surface area (Å²) < 4.78 is 1.93. The van der Waals surface area contributed by atoms with Gasteiger partial charge in [-0.25, -0.2) is 0 Å². The summed E-state index contributed by atoms with van der Waals surface area (Å²) in [5.41, 5.74) is 4.06. The lowest BCUT2D eigenvalue weighted by molar-refractivity contribution is 0.0939. The molecule has 0 saturated heterocycles. The van der Waals surface area contributed by atoms with E-state index in [4.69, 9.17) is 0 Å². The molecule has 0 aliphatic carbocycles. The van der Waals surface area contributed by atoms with Crippen molar-refractivity contribution in [2.75, 3.05) is 0 Å². The third-order valence-electron chi connectivity index (χ3n) is 4.05. The second-order valence-corrected chi connectivity index (χ2v) is 5.73. The largest absolute Gasteiger partial charge is 0.345 e. The molecule has 0 aliphatic rings. The summed E-state index contributed by atoms with van der Waals surface area (Å²) in [5, 5.41) is 7.48. The molecule has 1 aromatic heterocycles. The maximum absolute atomic E-state index is 12.5. The van der Waals surface area contributed by atoms with Crippen LogP contribution in [-0.2, 0) is 6.54 Å². The van der Waals surface area contributed by atoms with Gasteiger partial charge in [-0.2, -0.15) is 5.10 Å². The number of aryl methyl sites for hydroxylation is 2. The molecule has 122 valence electrons. The number of aromatic nitrogens is 2. The van der Waals surface area contributed by atoms with Gasteiger partial charge in [0.1, 0.15) is 0 Å². The highest BCUT2D eigenvalue weighted by Gasteiger charge is 2.19. The number of nitrogens with one attached hydrogen (secondary N) is 1. The Morgan fingerprint density at radius 1 is 1.26 bits per heavy atom. The van der Waals surface area contributed by atoms with E-state index in [1.165, 1.54) is 6.92 Å². The lowest BCUT2D eigenvalue weighted by Gasteiger charge is -2.15. The molecule has 23 heavy (non-hydrogen) atoms. The van der Waals surface area contributed by atoms with Crippen LogP contribution in [0.15, 0.2) is 24.3 Å². The fourth-order valence-electron chi connectivity index (χ4n) is 2.88. The van der Waals surface area contributed by atoms with E-state index in [1.807, 2.05) is 32.4 Å². The van der Waals surface area contributed by atoms with Crippen LogP contribution in [0.25, 0.3) is 0 Å². The Labute approximate surface area is 136 Å². The summed E-state index contributed by atoms with van der Waals surface area (Å²) in [5.74, 6) is -0.243. The number of hydrogen-bond acceptors (Lipinski definition) is 3. The molecule has 0 aliphatic heterocycles. The van der Waals surface area contributed by atoms with Gasteiger partial charge in [-0.05, 0) is 46.8 Å². The quantitative estimate of drug-likeness (QED) is 0.862.